The van der Waals surface area contributed by atoms with Crippen LogP contribution in [0, 0.1) is 18.3 Å². The standard InChI is InChI=1S/C9H12O.C8H7N.2C2H6/c1-3-8-4-6-9(10-2)7-5-8;1-7-2-4-8(6-9)5-3-7;2*1-2/h4-7H,3H2,1-2H3;2-5H,1H3;2*1-2H3. The monoisotopic (exact) mass is 313 g/mol. The Kier molecular flexibility index (Phi) is 16.1. The lowest BCUT2D eigenvalue weighted by molar-refractivity contribution is 0.414. The van der Waals surface area contributed by atoms with Crippen molar-refractivity contribution in [3.63, 3.8) is 0 Å². The fraction of sp³-hybridized carbons (Fsp3) is 0.381. The summed E-state index contributed by atoms with van der Waals surface area (Å²) in [4.78, 5) is 0. The van der Waals surface area contributed by atoms with Crippen LogP contribution in [0.15, 0.2) is 48.5 Å². The van der Waals surface area contributed by atoms with E-state index in [-0.39, 0.29) is 0 Å². The van der Waals surface area contributed by atoms with Crippen LogP contribution in [0.4, 0.5) is 0 Å². The molecule has 2 heteroatoms. The van der Waals surface area contributed by atoms with Crippen LogP contribution in [-0.2, 0) is 6.42 Å². The van der Waals surface area contributed by atoms with Gasteiger partial charge in [-0.25, -0.2) is 0 Å². The van der Waals surface area contributed by atoms with Crippen LogP contribution in [0.3, 0.4) is 0 Å². The number of ether oxygens (including phenoxy) is 1. The van der Waals surface area contributed by atoms with Gasteiger partial charge in [0.2, 0.25) is 0 Å². The molecule has 0 heterocycles. The number of rotatable bonds is 2. The molecule has 0 atom stereocenters. The second-order valence-corrected chi connectivity index (χ2v) is 4.18. The van der Waals surface area contributed by atoms with Crippen LogP contribution in [0.2, 0.25) is 0 Å². The van der Waals surface area contributed by atoms with E-state index in [1.807, 2.05) is 71.0 Å². The molecule has 23 heavy (non-hydrogen) atoms. The van der Waals surface area contributed by atoms with Crippen LogP contribution in [0.25, 0.3) is 0 Å². The van der Waals surface area contributed by atoms with E-state index >= 15 is 0 Å². The molecule has 0 fully saturated rings. The SMILES string of the molecule is CC.CC.CCc1ccc(OC)cc1.Cc1ccc(C#N)cc1. The predicted octanol–water partition coefficient (Wildman–Crippen LogP) is 6.18. The highest BCUT2D eigenvalue weighted by Crippen LogP contribution is 2.10. The Balaban J connectivity index is 0. The molecule has 2 aromatic carbocycles. The largest absolute Gasteiger partial charge is 0.497 e. The molecule has 0 saturated carbocycles. The van der Waals surface area contributed by atoms with E-state index in [0.29, 0.717) is 0 Å². The number of benzene rings is 2. The molecule has 0 aliphatic rings. The molecule has 2 nitrogen and oxygen atoms in total. The van der Waals surface area contributed by atoms with Gasteiger partial charge < -0.3 is 4.74 Å². The zero-order chi connectivity index (χ0) is 18.1. The fourth-order valence-corrected chi connectivity index (χ4v) is 1.49. The van der Waals surface area contributed by atoms with Gasteiger partial charge in [0.15, 0.2) is 0 Å². The minimum atomic E-state index is 0.723. The van der Waals surface area contributed by atoms with Crippen molar-refractivity contribution in [3.8, 4) is 11.8 Å². The van der Waals surface area contributed by atoms with Gasteiger partial charge in [-0.3, -0.25) is 0 Å². The van der Waals surface area contributed by atoms with E-state index in [2.05, 4.69) is 25.1 Å². The smallest absolute Gasteiger partial charge is 0.118 e. The van der Waals surface area contributed by atoms with E-state index in [4.69, 9.17) is 10.00 Å². The average Bonchev–Trinajstić information content (AvgIpc) is 2.66. The predicted molar refractivity (Wildman–Crippen MR) is 101 cm³/mol. The highest BCUT2D eigenvalue weighted by molar-refractivity contribution is 5.30. The Labute approximate surface area is 142 Å². The van der Waals surface area contributed by atoms with Crippen LogP contribution < -0.4 is 4.74 Å². The van der Waals surface area contributed by atoms with Crippen molar-refractivity contribution in [2.24, 2.45) is 0 Å². The van der Waals surface area contributed by atoms with E-state index in [9.17, 15) is 0 Å². The summed E-state index contributed by atoms with van der Waals surface area (Å²) < 4.78 is 5.01. The maximum Gasteiger partial charge on any atom is 0.118 e. The summed E-state index contributed by atoms with van der Waals surface area (Å²) in [6, 6.07) is 17.7. The first kappa shape index (κ1) is 23.0. The van der Waals surface area contributed by atoms with E-state index < -0.39 is 0 Å². The third kappa shape index (κ3) is 11.0. The molecule has 0 radical (unpaired) electrons. The topological polar surface area (TPSA) is 33.0 Å². The van der Waals surface area contributed by atoms with Crippen LogP contribution in [0.1, 0.15) is 51.3 Å². The average molecular weight is 313 g/mol. The number of methoxy groups -OCH3 is 1. The molecule has 126 valence electrons. The van der Waals surface area contributed by atoms with Gasteiger partial charge in [0.05, 0.1) is 18.7 Å². The van der Waals surface area contributed by atoms with E-state index in [1.54, 1.807) is 7.11 Å². The number of aryl methyl sites for hydroxylation is 2. The third-order valence-corrected chi connectivity index (χ3v) is 2.75. The first-order valence-electron chi connectivity index (χ1n) is 8.29. The number of nitrogens with zero attached hydrogens (tertiary/aromatic N) is 1. The Morgan fingerprint density at radius 2 is 1.35 bits per heavy atom. The van der Waals surface area contributed by atoms with Crippen molar-refractivity contribution in [2.45, 2.75) is 48.0 Å². The van der Waals surface area contributed by atoms with Crippen molar-refractivity contribution in [1.82, 2.24) is 0 Å². The summed E-state index contributed by atoms with van der Waals surface area (Å²) in [5, 5.41) is 8.38. The van der Waals surface area contributed by atoms with Crippen LogP contribution >= 0.6 is 0 Å². The normalized spacial score (nSPS) is 7.91. The lowest BCUT2D eigenvalue weighted by Gasteiger charge is -1.99. The summed E-state index contributed by atoms with van der Waals surface area (Å²) in [6.45, 7) is 12.1. The van der Waals surface area contributed by atoms with Gasteiger partial charge in [-0.15, -0.1) is 0 Å². The first-order valence-corrected chi connectivity index (χ1v) is 8.29. The molecule has 0 saturated heterocycles. The fourth-order valence-electron chi connectivity index (χ4n) is 1.49. The van der Waals surface area contributed by atoms with Gasteiger partial charge in [0.1, 0.15) is 5.75 Å². The van der Waals surface area contributed by atoms with Crippen molar-refractivity contribution in [1.29, 1.82) is 5.26 Å². The number of hydrogen-bond donors (Lipinski definition) is 0. The van der Waals surface area contributed by atoms with Crippen molar-refractivity contribution < 1.29 is 4.74 Å². The van der Waals surface area contributed by atoms with Gasteiger partial charge in [-0.2, -0.15) is 5.26 Å². The van der Waals surface area contributed by atoms with E-state index in [0.717, 1.165) is 17.7 Å². The number of nitriles is 1. The Hall–Kier alpha value is -2.27. The summed E-state index contributed by atoms with van der Waals surface area (Å²) in [6.07, 6.45) is 1.09. The molecule has 0 aromatic heterocycles. The summed E-state index contributed by atoms with van der Waals surface area (Å²) in [7, 11) is 1.68. The molecular formula is C21H31NO. The zero-order valence-corrected chi connectivity index (χ0v) is 15.7. The molecule has 0 N–H and O–H groups in total. The Morgan fingerprint density at radius 3 is 1.70 bits per heavy atom. The number of hydrogen-bond acceptors (Lipinski definition) is 2. The van der Waals surface area contributed by atoms with Gasteiger partial charge in [0, 0.05) is 0 Å². The molecule has 0 aliphatic heterocycles. The third-order valence-electron chi connectivity index (χ3n) is 2.75. The molecule has 2 aromatic rings. The minimum absolute atomic E-state index is 0.723. The van der Waals surface area contributed by atoms with Crippen LogP contribution in [0.5, 0.6) is 5.75 Å². The minimum Gasteiger partial charge on any atom is -0.497 e. The Bertz CT molecular complexity index is 498. The summed E-state index contributed by atoms with van der Waals surface area (Å²) in [5.74, 6) is 0.928. The van der Waals surface area contributed by atoms with Crippen molar-refractivity contribution in [2.75, 3.05) is 7.11 Å². The van der Waals surface area contributed by atoms with E-state index in [1.165, 1.54) is 11.1 Å². The molecule has 0 aliphatic carbocycles. The zero-order valence-electron chi connectivity index (χ0n) is 15.7. The molecular weight excluding hydrogens is 282 g/mol. The van der Waals surface area contributed by atoms with Crippen molar-refractivity contribution >= 4 is 0 Å². The lowest BCUT2D eigenvalue weighted by atomic mass is 10.2. The molecule has 0 bridgehead atoms. The summed E-state index contributed by atoms with van der Waals surface area (Å²) >= 11 is 0. The summed E-state index contributed by atoms with van der Waals surface area (Å²) in [5.41, 5.74) is 3.26. The molecule has 0 spiro atoms. The van der Waals surface area contributed by atoms with Crippen LogP contribution in [-0.4, -0.2) is 7.11 Å². The lowest BCUT2D eigenvalue weighted by Crippen LogP contribution is -1.83. The van der Waals surface area contributed by atoms with Gasteiger partial charge in [-0.05, 0) is 43.2 Å². The van der Waals surface area contributed by atoms with Gasteiger partial charge in [0.25, 0.3) is 0 Å². The van der Waals surface area contributed by atoms with Gasteiger partial charge in [-0.1, -0.05) is 64.4 Å². The second-order valence-electron chi connectivity index (χ2n) is 4.18. The second kappa shape index (κ2) is 16.1. The molecule has 2 rings (SSSR count). The first-order chi connectivity index (χ1) is 11.2. The molecule has 0 unspecified atom stereocenters. The maximum absolute atomic E-state index is 8.38. The van der Waals surface area contributed by atoms with Gasteiger partial charge >= 0.3 is 0 Å². The maximum atomic E-state index is 8.38. The molecule has 0 amide bonds. The highest BCUT2D eigenvalue weighted by Gasteiger charge is 1.89. The quantitative estimate of drug-likeness (QED) is 0.663. The van der Waals surface area contributed by atoms with Crippen molar-refractivity contribution in [3.05, 3.63) is 65.2 Å². The Morgan fingerprint density at radius 1 is 0.870 bits per heavy atom. The highest BCUT2D eigenvalue weighted by atomic mass is 16.5.